The Kier molecular flexibility index (Phi) is 1.85. The highest BCUT2D eigenvalue weighted by atomic mass is 16.4. The normalized spacial score (nSPS) is 23.2. The lowest BCUT2D eigenvalue weighted by molar-refractivity contribution is -0.520. The summed E-state index contributed by atoms with van der Waals surface area (Å²) >= 11 is 0. The van der Waals surface area contributed by atoms with Gasteiger partial charge in [0, 0.05) is 17.9 Å². The topological polar surface area (TPSA) is 57.4 Å². The highest BCUT2D eigenvalue weighted by Crippen LogP contribution is 2.08. The summed E-state index contributed by atoms with van der Waals surface area (Å²) in [4.78, 5) is 21.3. The number of nitrogens with zero attached hydrogens (tertiary/aromatic N) is 1. The average molecular weight is 154 g/mol. The van der Waals surface area contributed by atoms with Crippen molar-refractivity contribution in [1.82, 2.24) is 0 Å². The van der Waals surface area contributed by atoms with Crippen LogP contribution in [0.2, 0.25) is 0 Å². The zero-order chi connectivity index (χ0) is 8.43. The molecule has 1 aliphatic rings. The second-order valence-electron chi connectivity index (χ2n) is 2.31. The van der Waals surface area contributed by atoms with Crippen LogP contribution in [0, 0.1) is 4.91 Å². The predicted octanol–water partition coefficient (Wildman–Crippen LogP) is 0.692. The zero-order valence-electron chi connectivity index (χ0n) is 6.02. The monoisotopic (exact) mass is 154 g/mol. The van der Waals surface area contributed by atoms with Crippen molar-refractivity contribution in [3.05, 3.63) is 28.8 Å². The van der Waals surface area contributed by atoms with Crippen molar-refractivity contribution >= 4 is 5.97 Å². The van der Waals surface area contributed by atoms with E-state index in [-0.39, 0.29) is 11.7 Å². The third-order valence-corrected chi connectivity index (χ3v) is 1.47. The largest absolute Gasteiger partial charge is 0.473 e. The third kappa shape index (κ3) is 1.34. The van der Waals surface area contributed by atoms with Gasteiger partial charge >= 0.3 is 11.7 Å². The molecule has 0 aromatic rings. The summed E-state index contributed by atoms with van der Waals surface area (Å²) in [6.45, 7) is 1.64. The lowest BCUT2D eigenvalue weighted by Gasteiger charge is -2.00. The van der Waals surface area contributed by atoms with Crippen molar-refractivity contribution in [3.63, 3.8) is 0 Å². The zero-order valence-corrected chi connectivity index (χ0v) is 6.02. The molecule has 0 fully saturated rings. The first-order valence-electron chi connectivity index (χ1n) is 3.21. The predicted molar refractivity (Wildman–Crippen MR) is 37.9 cm³/mol. The molecule has 0 saturated carbocycles. The third-order valence-electron chi connectivity index (χ3n) is 1.47. The van der Waals surface area contributed by atoms with E-state index < -0.39 is 5.97 Å². The van der Waals surface area contributed by atoms with E-state index in [2.05, 4.69) is 0 Å². The number of hydrogen-bond acceptors (Lipinski definition) is 2. The SMILES string of the molecule is CC1C=CC=C(C(=O)O)[N+]1=O. The maximum Gasteiger partial charge on any atom is 0.405 e. The summed E-state index contributed by atoms with van der Waals surface area (Å²) in [6, 6.07) is -0.383. The van der Waals surface area contributed by atoms with Crippen LogP contribution in [-0.2, 0) is 4.79 Å². The first kappa shape index (κ1) is 7.65. The smallest absolute Gasteiger partial charge is 0.405 e. The Morgan fingerprint density at radius 2 is 2.36 bits per heavy atom. The fraction of sp³-hybridized carbons (Fsp3) is 0.286. The van der Waals surface area contributed by atoms with Crippen LogP contribution in [0.15, 0.2) is 23.9 Å². The summed E-state index contributed by atoms with van der Waals surface area (Å²) in [7, 11) is 0. The molecule has 0 spiro atoms. The number of rotatable bonds is 1. The Bertz CT molecular complexity index is 265. The molecule has 1 rings (SSSR count). The number of hydrogen-bond donors (Lipinski definition) is 1. The van der Waals surface area contributed by atoms with Crippen molar-refractivity contribution in [1.29, 1.82) is 0 Å². The molecular formula is C7H8NO3+. The minimum Gasteiger partial charge on any atom is -0.473 e. The van der Waals surface area contributed by atoms with Crippen LogP contribution < -0.4 is 0 Å². The maximum absolute atomic E-state index is 11.0. The molecule has 0 radical (unpaired) electrons. The van der Waals surface area contributed by atoms with Gasteiger partial charge in [-0.3, -0.25) is 0 Å². The molecule has 0 saturated heterocycles. The van der Waals surface area contributed by atoms with Crippen LogP contribution in [0.25, 0.3) is 0 Å². The summed E-state index contributed by atoms with van der Waals surface area (Å²) < 4.78 is 0.475. The molecule has 0 aromatic heterocycles. The molecule has 0 amide bonds. The molecule has 11 heavy (non-hydrogen) atoms. The lowest BCUT2D eigenvalue weighted by Crippen LogP contribution is -2.24. The fourth-order valence-corrected chi connectivity index (χ4v) is 0.844. The van der Waals surface area contributed by atoms with Gasteiger partial charge in [-0.1, -0.05) is 6.08 Å². The lowest BCUT2D eigenvalue weighted by atomic mass is 10.2. The van der Waals surface area contributed by atoms with E-state index in [0.29, 0.717) is 4.76 Å². The van der Waals surface area contributed by atoms with Gasteiger partial charge in [-0.25, -0.2) is 4.79 Å². The van der Waals surface area contributed by atoms with Gasteiger partial charge < -0.3 is 5.11 Å². The van der Waals surface area contributed by atoms with Crippen molar-refractivity contribution < 1.29 is 14.7 Å². The van der Waals surface area contributed by atoms with Crippen LogP contribution in [0.1, 0.15) is 6.92 Å². The highest BCUT2D eigenvalue weighted by molar-refractivity contribution is 5.84. The summed E-state index contributed by atoms with van der Waals surface area (Å²) in [6.07, 6.45) is 4.50. The van der Waals surface area contributed by atoms with Crippen LogP contribution in [-0.4, -0.2) is 21.9 Å². The van der Waals surface area contributed by atoms with E-state index in [0.717, 1.165) is 0 Å². The van der Waals surface area contributed by atoms with Crippen molar-refractivity contribution in [3.8, 4) is 0 Å². The number of carboxylic acid groups (broad SMARTS) is 1. The Labute approximate surface area is 63.4 Å². The quantitative estimate of drug-likeness (QED) is 0.565. The Morgan fingerprint density at radius 1 is 1.73 bits per heavy atom. The molecule has 1 aliphatic heterocycles. The number of carbonyl (C=O) groups is 1. The molecule has 0 bridgehead atoms. The Morgan fingerprint density at radius 3 is 2.82 bits per heavy atom. The van der Waals surface area contributed by atoms with Gasteiger partial charge in [0.25, 0.3) is 0 Å². The van der Waals surface area contributed by atoms with E-state index >= 15 is 0 Å². The molecule has 1 heterocycles. The first-order chi connectivity index (χ1) is 5.13. The van der Waals surface area contributed by atoms with Crippen molar-refractivity contribution in [2.45, 2.75) is 13.0 Å². The standard InChI is InChI=1S/C7H7NO3/c1-5-3-2-4-6(7(9)10)8(5)11/h2-5H,1H3/p+1. The number of carboxylic acids is 1. The van der Waals surface area contributed by atoms with E-state index in [4.69, 9.17) is 5.11 Å². The van der Waals surface area contributed by atoms with Gasteiger partial charge in [0.2, 0.25) is 6.04 Å². The molecule has 4 nitrogen and oxygen atoms in total. The van der Waals surface area contributed by atoms with Gasteiger partial charge in [0.05, 0.1) is 4.76 Å². The second kappa shape index (κ2) is 2.65. The number of allylic oxidation sites excluding steroid dienone is 2. The fourth-order valence-electron chi connectivity index (χ4n) is 0.844. The van der Waals surface area contributed by atoms with Crippen molar-refractivity contribution in [2.24, 2.45) is 0 Å². The maximum atomic E-state index is 11.0. The number of nitroso groups, excluding NO2 is 1. The minimum absolute atomic E-state index is 0.208. The van der Waals surface area contributed by atoms with E-state index in [1.54, 1.807) is 19.1 Å². The highest BCUT2D eigenvalue weighted by Gasteiger charge is 2.31. The van der Waals surface area contributed by atoms with Gasteiger partial charge in [0.1, 0.15) is 0 Å². The first-order valence-corrected chi connectivity index (χ1v) is 3.21. The van der Waals surface area contributed by atoms with Gasteiger partial charge in [0.15, 0.2) is 0 Å². The molecular weight excluding hydrogens is 146 g/mol. The van der Waals surface area contributed by atoms with Crippen molar-refractivity contribution in [2.75, 3.05) is 0 Å². The van der Waals surface area contributed by atoms with E-state index in [1.807, 2.05) is 0 Å². The van der Waals surface area contributed by atoms with Crippen LogP contribution >= 0.6 is 0 Å². The molecule has 58 valence electrons. The van der Waals surface area contributed by atoms with Gasteiger partial charge in [-0.15, -0.1) is 0 Å². The summed E-state index contributed by atoms with van der Waals surface area (Å²) in [5, 5.41) is 8.48. The second-order valence-corrected chi connectivity index (χ2v) is 2.31. The molecule has 1 N–H and O–H groups in total. The molecule has 0 aromatic carbocycles. The van der Waals surface area contributed by atoms with E-state index in [1.165, 1.54) is 6.08 Å². The molecule has 1 atom stereocenters. The van der Waals surface area contributed by atoms with Crippen LogP contribution in [0.3, 0.4) is 0 Å². The van der Waals surface area contributed by atoms with E-state index in [9.17, 15) is 9.70 Å². The summed E-state index contributed by atoms with van der Waals surface area (Å²) in [5.74, 6) is -1.18. The molecule has 1 unspecified atom stereocenters. The van der Waals surface area contributed by atoms with Gasteiger partial charge in [-0.2, -0.15) is 0 Å². The molecule has 0 aliphatic carbocycles. The average Bonchev–Trinajstić information content (AvgIpc) is 1.94. The van der Waals surface area contributed by atoms with Gasteiger partial charge in [-0.05, 0) is 6.08 Å². The summed E-state index contributed by atoms with van der Waals surface area (Å²) in [5.41, 5.74) is -0.208. The minimum atomic E-state index is -1.18. The Hall–Kier alpha value is -1.45. The van der Waals surface area contributed by atoms with Crippen LogP contribution in [0.4, 0.5) is 0 Å². The molecule has 4 heteroatoms. The van der Waals surface area contributed by atoms with Crippen LogP contribution in [0.5, 0.6) is 0 Å². The number of aliphatic carboxylic acids is 1. The Balaban J connectivity index is 2.96.